The number of carbonyl (C=O) groups is 1. The van der Waals surface area contributed by atoms with E-state index in [-0.39, 0.29) is 17.6 Å². The molecule has 1 saturated carbocycles. The lowest BCUT2D eigenvalue weighted by Gasteiger charge is -2.37. The zero-order valence-corrected chi connectivity index (χ0v) is 19.0. The predicted octanol–water partition coefficient (Wildman–Crippen LogP) is 3.36. The average molecular weight is 457 g/mol. The topological polar surface area (TPSA) is 57.2 Å². The van der Waals surface area contributed by atoms with Crippen LogP contribution in [-0.4, -0.2) is 79.1 Å². The first-order valence-corrected chi connectivity index (χ1v) is 11.5. The number of rotatable bonds is 6. The summed E-state index contributed by atoms with van der Waals surface area (Å²) >= 11 is 0. The molecule has 3 unspecified atom stereocenters. The molecular weight excluding hydrogens is 421 g/mol. The number of alkyl halides is 3. The Hall–Kier alpha value is -1.87. The van der Waals surface area contributed by atoms with Crippen molar-refractivity contribution < 1.29 is 22.7 Å². The van der Waals surface area contributed by atoms with Gasteiger partial charge in [0.2, 0.25) is 5.91 Å². The Labute approximate surface area is 188 Å². The van der Waals surface area contributed by atoms with E-state index in [9.17, 15) is 18.0 Å². The van der Waals surface area contributed by atoms with Crippen molar-refractivity contribution in [3.8, 4) is 0 Å². The van der Waals surface area contributed by atoms with E-state index in [0.29, 0.717) is 44.2 Å². The molecule has 180 valence electrons. The van der Waals surface area contributed by atoms with E-state index in [1.165, 1.54) is 0 Å². The lowest BCUT2D eigenvalue weighted by atomic mass is 9.96. The number of nitrogens with one attached hydrogen (secondary N) is 1. The summed E-state index contributed by atoms with van der Waals surface area (Å²) in [5.74, 6) is 0.932. The van der Waals surface area contributed by atoms with Crippen LogP contribution >= 0.6 is 0 Å². The van der Waals surface area contributed by atoms with Crippen LogP contribution in [0.15, 0.2) is 29.5 Å². The zero-order chi connectivity index (χ0) is 23.3. The monoisotopic (exact) mass is 456 g/mol. The minimum atomic E-state index is -4.54. The van der Waals surface area contributed by atoms with Crippen LogP contribution in [0.1, 0.15) is 39.5 Å². The highest BCUT2D eigenvalue weighted by atomic mass is 19.4. The summed E-state index contributed by atoms with van der Waals surface area (Å²) in [7, 11) is 0. The Morgan fingerprint density at radius 3 is 2.44 bits per heavy atom. The Morgan fingerprint density at radius 2 is 1.84 bits per heavy atom. The maximum absolute atomic E-state index is 13.1. The largest absolute Gasteiger partial charge is 0.433 e. The lowest BCUT2D eigenvalue weighted by molar-refractivity contribution is -0.136. The first-order valence-electron chi connectivity index (χ1n) is 11.5. The molecule has 1 N–H and O–H groups in total. The molecule has 6 nitrogen and oxygen atoms in total. The first kappa shape index (κ1) is 24.8. The number of hydrogen-bond donors (Lipinski definition) is 1. The molecule has 0 aromatic heterocycles. The van der Waals surface area contributed by atoms with Gasteiger partial charge < -0.3 is 19.9 Å². The van der Waals surface area contributed by atoms with Crippen molar-refractivity contribution in [2.24, 2.45) is 16.8 Å². The van der Waals surface area contributed by atoms with Gasteiger partial charge in [-0.1, -0.05) is 13.5 Å². The fourth-order valence-corrected chi connectivity index (χ4v) is 4.87. The van der Waals surface area contributed by atoms with Gasteiger partial charge in [-0.2, -0.15) is 13.2 Å². The average Bonchev–Trinajstić information content (AvgIpc) is 3.23. The number of amides is 1. The molecule has 9 heteroatoms. The molecule has 3 fully saturated rings. The zero-order valence-electron chi connectivity index (χ0n) is 19.0. The Balaban J connectivity index is 1.50. The SMILES string of the molecule is C=C/C(=N\C(=C/C)N1CCN(C(=O)C2CC[C@@H](NC3CCOCC3C)C2)CC1)C(F)(F)F. The van der Waals surface area contributed by atoms with Gasteiger partial charge in [-0.15, -0.1) is 0 Å². The summed E-state index contributed by atoms with van der Waals surface area (Å²) in [6, 6.07) is 0.808. The number of aliphatic imine (C=N–C) groups is 1. The highest BCUT2D eigenvalue weighted by Gasteiger charge is 2.37. The van der Waals surface area contributed by atoms with Crippen molar-refractivity contribution in [3.63, 3.8) is 0 Å². The molecule has 0 radical (unpaired) electrons. The van der Waals surface area contributed by atoms with E-state index >= 15 is 0 Å². The number of carbonyl (C=O) groups excluding carboxylic acids is 1. The third-order valence-electron chi connectivity index (χ3n) is 6.76. The van der Waals surface area contributed by atoms with Crippen LogP contribution in [0, 0.1) is 11.8 Å². The number of piperazine rings is 1. The number of halogens is 3. The second-order valence-corrected chi connectivity index (χ2v) is 8.98. The van der Waals surface area contributed by atoms with Crippen LogP contribution in [0.25, 0.3) is 0 Å². The number of hydrogen-bond acceptors (Lipinski definition) is 5. The number of ether oxygens (including phenoxy) is 1. The molecule has 2 saturated heterocycles. The van der Waals surface area contributed by atoms with Crippen LogP contribution in [0.4, 0.5) is 13.2 Å². The van der Waals surface area contributed by atoms with Gasteiger partial charge in [0, 0.05) is 50.8 Å². The highest BCUT2D eigenvalue weighted by Crippen LogP contribution is 2.30. The standard InChI is InChI=1S/C23H35F3N4O2/c1-4-20(23(24,25)26)28-21(5-2)29-9-11-30(12-10-29)22(31)17-6-7-18(14-17)27-19-8-13-32-15-16(19)3/h4-5,16-19,27H,1,6-15H2,2-3H3/b21-5+,28-20+/t16?,17?,18-,19?/m1/s1. The van der Waals surface area contributed by atoms with Gasteiger partial charge in [0.1, 0.15) is 11.5 Å². The van der Waals surface area contributed by atoms with Crippen LogP contribution in [0.3, 0.4) is 0 Å². The van der Waals surface area contributed by atoms with Gasteiger partial charge >= 0.3 is 6.18 Å². The first-order chi connectivity index (χ1) is 15.2. The van der Waals surface area contributed by atoms with Crippen molar-refractivity contribution in [2.75, 3.05) is 39.4 Å². The van der Waals surface area contributed by atoms with Crippen LogP contribution in [-0.2, 0) is 9.53 Å². The Bertz CT molecular complexity index is 729. The third-order valence-corrected chi connectivity index (χ3v) is 6.76. The van der Waals surface area contributed by atoms with Gasteiger partial charge in [-0.05, 0) is 50.7 Å². The molecule has 1 amide bonds. The number of nitrogens with zero attached hydrogens (tertiary/aromatic N) is 3. The van der Waals surface area contributed by atoms with Gasteiger partial charge in [0.05, 0.1) is 6.61 Å². The molecule has 0 bridgehead atoms. The molecule has 0 spiro atoms. The van der Waals surface area contributed by atoms with Crippen molar-refractivity contribution in [1.29, 1.82) is 0 Å². The molecule has 3 rings (SSSR count). The van der Waals surface area contributed by atoms with E-state index in [0.717, 1.165) is 45.0 Å². The van der Waals surface area contributed by atoms with Crippen LogP contribution < -0.4 is 5.32 Å². The summed E-state index contributed by atoms with van der Waals surface area (Å²) < 4.78 is 44.6. The van der Waals surface area contributed by atoms with Crippen LogP contribution in [0.5, 0.6) is 0 Å². The van der Waals surface area contributed by atoms with Crippen molar-refractivity contribution in [3.05, 3.63) is 24.6 Å². The molecule has 2 heterocycles. The molecule has 0 aromatic rings. The van der Waals surface area contributed by atoms with Gasteiger partial charge in [0.15, 0.2) is 0 Å². The maximum atomic E-state index is 13.1. The van der Waals surface area contributed by atoms with Crippen LogP contribution in [0.2, 0.25) is 0 Å². The van der Waals surface area contributed by atoms with E-state index in [1.54, 1.807) is 17.9 Å². The normalized spacial score (nSPS) is 30.5. The molecule has 0 aromatic carbocycles. The van der Waals surface area contributed by atoms with Crippen molar-refractivity contribution >= 4 is 11.6 Å². The predicted molar refractivity (Wildman–Crippen MR) is 118 cm³/mol. The summed E-state index contributed by atoms with van der Waals surface area (Å²) in [4.78, 5) is 20.5. The van der Waals surface area contributed by atoms with Crippen molar-refractivity contribution in [2.45, 2.75) is 57.8 Å². The maximum Gasteiger partial charge on any atom is 0.433 e. The van der Waals surface area contributed by atoms with E-state index in [2.05, 4.69) is 23.8 Å². The number of allylic oxidation sites excluding steroid dienone is 2. The summed E-state index contributed by atoms with van der Waals surface area (Å²) in [6.45, 7) is 10.6. The van der Waals surface area contributed by atoms with E-state index < -0.39 is 11.9 Å². The molecule has 32 heavy (non-hydrogen) atoms. The summed E-state index contributed by atoms with van der Waals surface area (Å²) in [5, 5.41) is 3.74. The summed E-state index contributed by atoms with van der Waals surface area (Å²) in [6.07, 6.45) is 1.50. The second-order valence-electron chi connectivity index (χ2n) is 8.98. The lowest BCUT2D eigenvalue weighted by Crippen LogP contribution is -2.50. The molecule has 4 atom stereocenters. The smallest absolute Gasteiger partial charge is 0.381 e. The fourth-order valence-electron chi connectivity index (χ4n) is 4.87. The minimum Gasteiger partial charge on any atom is -0.381 e. The second kappa shape index (κ2) is 10.8. The Morgan fingerprint density at radius 1 is 1.16 bits per heavy atom. The third kappa shape index (κ3) is 6.13. The highest BCUT2D eigenvalue weighted by molar-refractivity contribution is 5.99. The summed E-state index contributed by atoms with van der Waals surface area (Å²) in [5.41, 5.74) is -1.01. The van der Waals surface area contributed by atoms with Gasteiger partial charge in [-0.3, -0.25) is 4.79 Å². The molecule has 2 aliphatic heterocycles. The fraction of sp³-hybridized carbons (Fsp3) is 0.739. The Kier molecular flexibility index (Phi) is 8.38. The van der Waals surface area contributed by atoms with Crippen molar-refractivity contribution in [1.82, 2.24) is 15.1 Å². The van der Waals surface area contributed by atoms with E-state index in [4.69, 9.17) is 4.74 Å². The molecular formula is C23H35F3N4O2. The van der Waals surface area contributed by atoms with Gasteiger partial charge in [-0.25, -0.2) is 4.99 Å². The van der Waals surface area contributed by atoms with Gasteiger partial charge in [0.25, 0.3) is 0 Å². The quantitative estimate of drug-likeness (QED) is 0.623. The van der Waals surface area contributed by atoms with E-state index in [1.807, 2.05) is 4.90 Å². The molecule has 3 aliphatic rings. The minimum absolute atomic E-state index is 0.0194. The molecule has 1 aliphatic carbocycles.